The Morgan fingerprint density at radius 1 is 1.30 bits per heavy atom. The molecule has 2 heterocycles. The molecule has 0 spiro atoms. The molecule has 1 aliphatic heterocycles. The summed E-state index contributed by atoms with van der Waals surface area (Å²) in [6.45, 7) is 10.5. The van der Waals surface area contributed by atoms with Crippen molar-refractivity contribution in [2.24, 2.45) is 0 Å². The minimum absolute atomic E-state index is 0. The highest BCUT2D eigenvalue weighted by molar-refractivity contribution is 8.11. The van der Waals surface area contributed by atoms with Crippen LogP contribution in [0.25, 0.3) is 15.7 Å². The topological polar surface area (TPSA) is 31.4 Å². The van der Waals surface area contributed by atoms with Crippen molar-refractivity contribution in [2.45, 2.75) is 32.7 Å². The molecule has 0 aliphatic carbocycles. The van der Waals surface area contributed by atoms with Gasteiger partial charge in [0.2, 0.25) is 0 Å². The summed E-state index contributed by atoms with van der Waals surface area (Å²) in [5, 5.41) is 4.62. The van der Waals surface area contributed by atoms with Gasteiger partial charge in [-0.05, 0) is 68.8 Å². The summed E-state index contributed by atoms with van der Waals surface area (Å²) in [5.74, 6) is 0.908. The van der Waals surface area contributed by atoms with Crippen molar-refractivity contribution < 1.29 is 1.43 Å². The maximum absolute atomic E-state index is 4.59. The summed E-state index contributed by atoms with van der Waals surface area (Å²) in [6, 6.07) is 9.28. The van der Waals surface area contributed by atoms with E-state index < -0.39 is 0 Å². The van der Waals surface area contributed by atoms with Crippen molar-refractivity contribution in [1.82, 2.24) is 14.9 Å². The zero-order valence-corrected chi connectivity index (χ0v) is 17.6. The first-order valence-electron chi connectivity index (χ1n) is 9.54. The average Bonchev–Trinajstić information content (AvgIpc) is 2.67. The molecular formula is C22H32N4S. The van der Waals surface area contributed by atoms with E-state index in [0.717, 1.165) is 34.8 Å². The Kier molecular flexibility index (Phi) is 6.58. The molecule has 0 saturated carbocycles. The van der Waals surface area contributed by atoms with E-state index in [0.29, 0.717) is 6.04 Å². The fourth-order valence-electron chi connectivity index (χ4n) is 3.34. The summed E-state index contributed by atoms with van der Waals surface area (Å²) in [5.41, 5.74) is 4.65. The van der Waals surface area contributed by atoms with E-state index >= 15 is 0 Å². The van der Waals surface area contributed by atoms with Gasteiger partial charge in [-0.1, -0.05) is 36.5 Å². The molecule has 5 heteroatoms. The molecule has 146 valence electrons. The van der Waals surface area contributed by atoms with Gasteiger partial charge in [-0.15, -0.1) is 0 Å². The number of nitrogens with zero attached hydrogens (tertiary/aromatic N) is 3. The second-order valence-corrected chi connectivity index (χ2v) is 8.69. The van der Waals surface area contributed by atoms with Crippen molar-refractivity contribution >= 4 is 33.3 Å². The van der Waals surface area contributed by atoms with Crippen LogP contribution in [0, 0.1) is 0 Å². The Morgan fingerprint density at radius 2 is 2.04 bits per heavy atom. The highest BCUT2D eigenvalue weighted by Gasteiger charge is 2.20. The molecule has 0 unspecified atom stereocenters. The van der Waals surface area contributed by atoms with E-state index in [2.05, 4.69) is 85.2 Å². The average molecular weight is 385 g/mol. The fraction of sp³-hybridized carbons (Fsp3) is 0.409. The lowest BCUT2D eigenvalue weighted by Gasteiger charge is -2.35. The van der Waals surface area contributed by atoms with Gasteiger partial charge < -0.3 is 10.3 Å². The zero-order chi connectivity index (χ0) is 19.4. The van der Waals surface area contributed by atoms with Gasteiger partial charge in [0.15, 0.2) is 0 Å². The highest BCUT2D eigenvalue weighted by Crippen LogP contribution is 2.33. The Morgan fingerprint density at radius 3 is 2.70 bits per heavy atom. The number of fused-ring (bicyclic) bond motifs is 1. The molecule has 0 amide bonds. The molecule has 1 N–H and O–H groups in total. The molecule has 1 saturated heterocycles. The molecule has 0 radical (unpaired) electrons. The normalized spacial score (nSPS) is 16.9. The number of hydrogen-bond donors (Lipinski definition) is 1. The van der Waals surface area contributed by atoms with Crippen molar-refractivity contribution in [1.29, 1.82) is 0 Å². The number of benzene rings is 1. The number of nitrogens with one attached hydrogen (secondary N) is 1. The molecule has 1 aromatic carbocycles. The number of aromatic nitrogens is 1. The molecule has 4 nitrogen and oxygen atoms in total. The van der Waals surface area contributed by atoms with Crippen LogP contribution >= 0.6 is 11.8 Å². The first-order valence-corrected chi connectivity index (χ1v) is 10.4. The summed E-state index contributed by atoms with van der Waals surface area (Å²) in [4.78, 5) is 9.25. The standard InChI is InChI=1S/C22H30N4S.H2/c1-6-16(2)27-17(3)18-7-8-19-15-23-22(14-20(19)13-18)24-26-11-9-21(10-12-26)25(4)5;/h6-8,13-15,21H,3,9-12H2,1-2,4-5H3,(H,23,24);1H/b16-6+;. The molecule has 2 aromatic rings. The smallest absolute Gasteiger partial charge is 0.140 e. The Labute approximate surface area is 168 Å². The Bertz CT molecular complexity index is 842. The number of anilines is 1. The van der Waals surface area contributed by atoms with Crippen molar-refractivity contribution in [2.75, 3.05) is 32.6 Å². The van der Waals surface area contributed by atoms with Gasteiger partial charge in [0.05, 0.1) is 0 Å². The van der Waals surface area contributed by atoms with Crippen molar-refractivity contribution in [3.63, 3.8) is 0 Å². The number of pyridine rings is 1. The quantitative estimate of drug-likeness (QED) is 0.714. The summed E-state index contributed by atoms with van der Waals surface area (Å²) in [6.07, 6.45) is 6.42. The van der Waals surface area contributed by atoms with E-state index in [-0.39, 0.29) is 1.43 Å². The number of hydrazine groups is 1. The van der Waals surface area contributed by atoms with Crippen molar-refractivity contribution in [3.8, 4) is 0 Å². The summed E-state index contributed by atoms with van der Waals surface area (Å²) in [7, 11) is 4.33. The lowest BCUT2D eigenvalue weighted by Crippen LogP contribution is -2.44. The predicted molar refractivity (Wildman–Crippen MR) is 122 cm³/mol. The van der Waals surface area contributed by atoms with Gasteiger partial charge in [-0.25, -0.2) is 9.99 Å². The number of allylic oxidation sites excluding steroid dienone is 2. The molecule has 0 bridgehead atoms. The van der Waals surface area contributed by atoms with Gasteiger partial charge in [-0.2, -0.15) is 0 Å². The molecular weight excluding hydrogens is 352 g/mol. The number of piperidine rings is 1. The molecule has 1 aromatic heterocycles. The van der Waals surface area contributed by atoms with Crippen LogP contribution in [-0.2, 0) is 0 Å². The Hall–Kier alpha value is -1.82. The van der Waals surface area contributed by atoms with Crippen LogP contribution in [0.5, 0.6) is 0 Å². The van der Waals surface area contributed by atoms with Crippen LogP contribution in [0.1, 0.15) is 33.7 Å². The van der Waals surface area contributed by atoms with E-state index in [1.54, 1.807) is 11.8 Å². The summed E-state index contributed by atoms with van der Waals surface area (Å²) >= 11 is 1.72. The van der Waals surface area contributed by atoms with Gasteiger partial charge in [0.25, 0.3) is 0 Å². The second-order valence-electron chi connectivity index (χ2n) is 7.35. The third-order valence-corrected chi connectivity index (χ3v) is 6.24. The largest absolute Gasteiger partial charge is 0.306 e. The third-order valence-electron chi connectivity index (χ3n) is 5.20. The third kappa shape index (κ3) is 5.12. The van der Waals surface area contributed by atoms with E-state index in [1.165, 1.54) is 23.1 Å². The van der Waals surface area contributed by atoms with E-state index in [9.17, 15) is 0 Å². The van der Waals surface area contributed by atoms with Crippen LogP contribution in [0.4, 0.5) is 5.82 Å². The van der Waals surface area contributed by atoms with Gasteiger partial charge in [0.1, 0.15) is 5.82 Å². The predicted octanol–water partition coefficient (Wildman–Crippen LogP) is 5.46. The van der Waals surface area contributed by atoms with Gasteiger partial charge in [0, 0.05) is 37.0 Å². The Balaban J connectivity index is 0.00000280. The van der Waals surface area contributed by atoms with Crippen LogP contribution in [0.3, 0.4) is 0 Å². The fourth-order valence-corrected chi connectivity index (χ4v) is 4.10. The molecule has 1 aliphatic rings. The van der Waals surface area contributed by atoms with Crippen molar-refractivity contribution in [3.05, 3.63) is 53.6 Å². The molecule has 1 fully saturated rings. The minimum atomic E-state index is 0. The van der Waals surface area contributed by atoms with E-state index in [1.807, 2.05) is 6.20 Å². The molecule has 3 rings (SSSR count). The molecule has 0 atom stereocenters. The first kappa shape index (κ1) is 19.9. The van der Waals surface area contributed by atoms with Crippen LogP contribution in [-0.4, -0.2) is 48.1 Å². The number of hydrogen-bond acceptors (Lipinski definition) is 5. The number of thioether (sulfide) groups is 1. The number of rotatable bonds is 6. The minimum Gasteiger partial charge on any atom is -0.306 e. The van der Waals surface area contributed by atoms with Gasteiger partial charge >= 0.3 is 0 Å². The van der Waals surface area contributed by atoms with Gasteiger partial charge in [-0.3, -0.25) is 0 Å². The van der Waals surface area contributed by atoms with Crippen LogP contribution in [0.2, 0.25) is 0 Å². The SMILES string of the molecule is C=C(S/C(C)=C/C)c1ccc2cnc(NN3CCC(N(C)C)CC3)cc2c1.[HH]. The lowest BCUT2D eigenvalue weighted by molar-refractivity contribution is 0.164. The highest BCUT2D eigenvalue weighted by atomic mass is 32.2. The second kappa shape index (κ2) is 8.91. The van der Waals surface area contributed by atoms with Crippen LogP contribution in [0.15, 0.2) is 48.0 Å². The van der Waals surface area contributed by atoms with Crippen LogP contribution < -0.4 is 5.43 Å². The monoisotopic (exact) mass is 384 g/mol. The van der Waals surface area contributed by atoms with E-state index in [4.69, 9.17) is 0 Å². The maximum Gasteiger partial charge on any atom is 0.140 e. The lowest BCUT2D eigenvalue weighted by atomic mass is 10.1. The maximum atomic E-state index is 4.59. The zero-order valence-electron chi connectivity index (χ0n) is 16.8. The first-order chi connectivity index (χ1) is 13.0. The molecule has 27 heavy (non-hydrogen) atoms. The summed E-state index contributed by atoms with van der Waals surface area (Å²) < 4.78 is 0.